The molecule has 0 aromatic heterocycles. The molecule has 0 spiro atoms. The maximum absolute atomic E-state index is 10.5. The van der Waals surface area contributed by atoms with Gasteiger partial charge < -0.3 is 14.2 Å². The van der Waals surface area contributed by atoms with Gasteiger partial charge in [-0.1, -0.05) is 6.92 Å². The minimum atomic E-state index is -3.45. The van der Waals surface area contributed by atoms with Crippen LogP contribution in [0.15, 0.2) is 0 Å². The first kappa shape index (κ1) is 16.1. The maximum atomic E-state index is 10.5. The van der Waals surface area contributed by atoms with Crippen LogP contribution in [0, 0.1) is 0 Å². The normalized spacial score (nSPS) is 11.9. The van der Waals surface area contributed by atoms with Crippen LogP contribution in [0.25, 0.3) is 0 Å². The maximum Gasteiger partial charge on any atom is 0.234 e. The Hall–Kier alpha value is 0.120. The lowest BCUT2D eigenvalue weighted by atomic mass is 10.5. The van der Waals surface area contributed by atoms with E-state index in [-0.39, 0.29) is 12.4 Å². The molecule has 7 heteroatoms. The molecule has 0 aromatic rings. The van der Waals surface area contributed by atoms with Crippen LogP contribution in [0.2, 0.25) is 0 Å². The van der Waals surface area contributed by atoms with Crippen molar-refractivity contribution in [1.82, 2.24) is 0 Å². The largest absolute Gasteiger partial charge is 0.379 e. The summed E-state index contributed by atoms with van der Waals surface area (Å²) in [4.78, 5) is 0. The first-order valence-corrected chi connectivity index (χ1v) is 7.69. The van der Waals surface area contributed by atoms with Crippen LogP contribution in [0.3, 0.4) is 0 Å². The molecule has 0 heterocycles. The number of ether oxygens (including phenoxy) is 3. The van der Waals surface area contributed by atoms with Gasteiger partial charge in [0.25, 0.3) is 0 Å². The highest BCUT2D eigenvalue weighted by Crippen LogP contribution is 1.95. The van der Waals surface area contributed by atoms with Crippen molar-refractivity contribution in [3.8, 4) is 0 Å². The van der Waals surface area contributed by atoms with Gasteiger partial charge in [-0.05, 0) is 6.42 Å². The summed E-state index contributed by atoms with van der Waals surface area (Å²) in [6, 6.07) is 0. The fourth-order valence-electron chi connectivity index (χ4n) is 0.845. The van der Waals surface area contributed by atoms with Gasteiger partial charge in [0, 0.05) is 17.3 Å². The number of halogens is 1. The van der Waals surface area contributed by atoms with E-state index in [1.807, 2.05) is 6.92 Å². The third-order valence-electron chi connectivity index (χ3n) is 1.56. The number of hydrogen-bond donors (Lipinski definition) is 0. The SMILES string of the molecule is CCCOCCOCCOCCS(=O)(=O)Cl. The molecule has 0 fully saturated rings. The molecule has 0 aliphatic rings. The predicted octanol–water partition coefficient (Wildman–Crippen LogP) is 1.01. The molecular formula is C9H19ClO5S. The van der Waals surface area contributed by atoms with Gasteiger partial charge in [0.05, 0.1) is 38.8 Å². The van der Waals surface area contributed by atoms with Crippen molar-refractivity contribution in [2.45, 2.75) is 13.3 Å². The van der Waals surface area contributed by atoms with E-state index in [1.165, 1.54) is 0 Å². The molecule has 0 N–H and O–H groups in total. The fraction of sp³-hybridized carbons (Fsp3) is 1.00. The number of hydrogen-bond acceptors (Lipinski definition) is 5. The Morgan fingerprint density at radius 1 is 0.875 bits per heavy atom. The van der Waals surface area contributed by atoms with E-state index in [4.69, 9.17) is 24.9 Å². The average Bonchev–Trinajstić information content (AvgIpc) is 2.19. The van der Waals surface area contributed by atoms with Crippen LogP contribution in [-0.4, -0.2) is 53.8 Å². The van der Waals surface area contributed by atoms with E-state index < -0.39 is 9.05 Å². The van der Waals surface area contributed by atoms with Crippen molar-refractivity contribution < 1.29 is 22.6 Å². The van der Waals surface area contributed by atoms with Gasteiger partial charge >= 0.3 is 0 Å². The minimum Gasteiger partial charge on any atom is -0.379 e. The molecule has 98 valence electrons. The topological polar surface area (TPSA) is 61.8 Å². The van der Waals surface area contributed by atoms with Crippen molar-refractivity contribution in [3.63, 3.8) is 0 Å². The predicted molar refractivity (Wildman–Crippen MR) is 62.4 cm³/mol. The Morgan fingerprint density at radius 3 is 1.75 bits per heavy atom. The molecule has 0 aliphatic carbocycles. The van der Waals surface area contributed by atoms with Crippen LogP contribution in [0.4, 0.5) is 0 Å². The minimum absolute atomic E-state index is 0.0987. The smallest absolute Gasteiger partial charge is 0.234 e. The Bertz CT molecular complexity index is 242. The van der Waals surface area contributed by atoms with Gasteiger partial charge in [0.1, 0.15) is 0 Å². The van der Waals surface area contributed by atoms with Crippen molar-refractivity contribution in [3.05, 3.63) is 0 Å². The van der Waals surface area contributed by atoms with Gasteiger partial charge in [0.2, 0.25) is 9.05 Å². The quantitative estimate of drug-likeness (QED) is 0.416. The molecule has 0 amide bonds. The highest BCUT2D eigenvalue weighted by Gasteiger charge is 2.03. The van der Waals surface area contributed by atoms with Crippen LogP contribution in [-0.2, 0) is 23.3 Å². The van der Waals surface area contributed by atoms with Crippen molar-refractivity contribution >= 4 is 19.7 Å². The third kappa shape index (κ3) is 14.1. The van der Waals surface area contributed by atoms with E-state index in [0.717, 1.165) is 13.0 Å². The summed E-state index contributed by atoms with van der Waals surface area (Å²) in [6.07, 6.45) is 0.996. The first-order chi connectivity index (χ1) is 7.56. The zero-order chi connectivity index (χ0) is 12.3. The van der Waals surface area contributed by atoms with Gasteiger partial charge in [0.15, 0.2) is 0 Å². The highest BCUT2D eigenvalue weighted by molar-refractivity contribution is 8.13. The summed E-state index contributed by atoms with van der Waals surface area (Å²) in [6.45, 7) is 4.77. The Kier molecular flexibility index (Phi) is 10.4. The molecular weight excluding hydrogens is 256 g/mol. The molecule has 0 radical (unpaired) electrons. The highest BCUT2D eigenvalue weighted by atomic mass is 35.7. The zero-order valence-electron chi connectivity index (χ0n) is 9.48. The number of rotatable bonds is 11. The second-order valence-corrected chi connectivity index (χ2v) is 5.98. The van der Waals surface area contributed by atoms with E-state index in [2.05, 4.69) is 0 Å². The standard InChI is InChI=1S/C9H19ClO5S/c1-2-3-13-4-5-14-6-7-15-8-9-16(10,11)12/h2-9H2,1H3. The van der Waals surface area contributed by atoms with Crippen LogP contribution >= 0.6 is 10.7 Å². The Morgan fingerprint density at radius 2 is 1.31 bits per heavy atom. The Balaban J connectivity index is 3.05. The van der Waals surface area contributed by atoms with E-state index in [0.29, 0.717) is 26.4 Å². The summed E-state index contributed by atoms with van der Waals surface area (Å²) in [7, 11) is 1.54. The molecule has 5 nitrogen and oxygen atoms in total. The van der Waals surface area contributed by atoms with Gasteiger partial charge in [-0.2, -0.15) is 0 Å². The summed E-state index contributed by atoms with van der Waals surface area (Å²) in [5, 5.41) is 0. The van der Waals surface area contributed by atoms with Crippen molar-refractivity contribution in [2.24, 2.45) is 0 Å². The molecule has 0 bridgehead atoms. The Labute approximate surface area is 101 Å². The molecule has 0 unspecified atom stereocenters. The summed E-state index contributed by atoms with van der Waals surface area (Å²) < 4.78 is 36.4. The summed E-state index contributed by atoms with van der Waals surface area (Å²) in [5.74, 6) is -0.172. The molecule has 0 saturated carbocycles. The van der Waals surface area contributed by atoms with E-state index in [9.17, 15) is 8.42 Å². The van der Waals surface area contributed by atoms with Gasteiger partial charge in [-0.3, -0.25) is 0 Å². The zero-order valence-corrected chi connectivity index (χ0v) is 11.1. The van der Waals surface area contributed by atoms with Crippen LogP contribution in [0.5, 0.6) is 0 Å². The average molecular weight is 275 g/mol. The van der Waals surface area contributed by atoms with Crippen molar-refractivity contribution in [1.29, 1.82) is 0 Å². The molecule has 16 heavy (non-hydrogen) atoms. The fourth-order valence-corrected chi connectivity index (χ4v) is 1.35. The molecule has 0 rings (SSSR count). The van der Waals surface area contributed by atoms with Gasteiger partial charge in [-0.15, -0.1) is 0 Å². The lowest BCUT2D eigenvalue weighted by Gasteiger charge is -2.05. The second kappa shape index (κ2) is 10.3. The molecule has 0 atom stereocenters. The summed E-state index contributed by atoms with van der Waals surface area (Å²) >= 11 is 0. The first-order valence-electron chi connectivity index (χ1n) is 5.22. The van der Waals surface area contributed by atoms with Crippen LogP contribution < -0.4 is 0 Å². The monoisotopic (exact) mass is 274 g/mol. The molecule has 0 aliphatic heterocycles. The lowest BCUT2D eigenvalue weighted by molar-refractivity contribution is 0.0174. The summed E-state index contributed by atoms with van der Waals surface area (Å²) in [5.41, 5.74) is 0. The van der Waals surface area contributed by atoms with Crippen LogP contribution in [0.1, 0.15) is 13.3 Å². The van der Waals surface area contributed by atoms with E-state index >= 15 is 0 Å². The lowest BCUT2D eigenvalue weighted by Crippen LogP contribution is -2.12. The molecule has 0 aromatic carbocycles. The molecule has 0 saturated heterocycles. The second-order valence-electron chi connectivity index (χ2n) is 3.08. The van der Waals surface area contributed by atoms with Crippen molar-refractivity contribution in [2.75, 3.05) is 45.4 Å². The van der Waals surface area contributed by atoms with E-state index in [1.54, 1.807) is 0 Å². The third-order valence-corrected chi connectivity index (χ3v) is 2.68. The van der Waals surface area contributed by atoms with Gasteiger partial charge in [-0.25, -0.2) is 8.42 Å².